The van der Waals surface area contributed by atoms with Crippen LogP contribution in [0.1, 0.15) is 29.9 Å². The molecule has 6 nitrogen and oxygen atoms in total. The number of nitrogens with one attached hydrogen (secondary N) is 1. The molecule has 0 radical (unpaired) electrons. The summed E-state index contributed by atoms with van der Waals surface area (Å²) in [5.41, 5.74) is -2.00. The van der Waals surface area contributed by atoms with Crippen LogP contribution in [0.25, 0.3) is 11.4 Å². The number of benzene rings is 1. The van der Waals surface area contributed by atoms with E-state index >= 15 is 0 Å². The number of nitrogens with zero attached hydrogens (tertiary/aromatic N) is 4. The normalized spacial score (nSPS) is 13.0. The zero-order valence-corrected chi connectivity index (χ0v) is 14.0. The first kappa shape index (κ1) is 18.7. The largest absolute Gasteiger partial charge is 0.419 e. The van der Waals surface area contributed by atoms with Gasteiger partial charge >= 0.3 is 6.18 Å². The molecule has 142 valence electrons. The van der Waals surface area contributed by atoms with Gasteiger partial charge in [0, 0.05) is 11.6 Å². The molecule has 0 saturated heterocycles. The number of rotatable bonds is 3. The summed E-state index contributed by atoms with van der Waals surface area (Å²) >= 11 is 0. The third-order valence-electron chi connectivity index (χ3n) is 3.90. The topological polar surface area (TPSA) is 76.5 Å². The van der Waals surface area contributed by atoms with Crippen LogP contribution in [0.15, 0.2) is 29.2 Å². The number of halogens is 5. The van der Waals surface area contributed by atoms with Gasteiger partial charge in [-0.3, -0.25) is 4.79 Å². The minimum Gasteiger partial charge on any atom is -0.311 e. The predicted octanol–water partition coefficient (Wildman–Crippen LogP) is 3.24. The van der Waals surface area contributed by atoms with E-state index in [2.05, 4.69) is 20.3 Å². The SMILES string of the molecule is Cc1nc(-c2cn(C(C)c3ccc(C(F)(F)F)c(F)c3F)nn2)cc(=O)[nH]1. The zero-order chi connectivity index (χ0) is 19.9. The summed E-state index contributed by atoms with van der Waals surface area (Å²) in [7, 11) is 0. The molecule has 1 aromatic carbocycles. The molecule has 0 bridgehead atoms. The number of hydrogen-bond donors (Lipinski definition) is 1. The lowest BCUT2D eigenvalue weighted by Gasteiger charge is -2.15. The number of alkyl halides is 3. The summed E-state index contributed by atoms with van der Waals surface area (Å²) in [6.45, 7) is 2.98. The van der Waals surface area contributed by atoms with Gasteiger partial charge in [0.05, 0.1) is 23.5 Å². The molecule has 0 aliphatic rings. The van der Waals surface area contributed by atoms with Gasteiger partial charge in [-0.2, -0.15) is 13.2 Å². The van der Waals surface area contributed by atoms with Gasteiger partial charge in [-0.05, 0) is 19.9 Å². The maximum absolute atomic E-state index is 14.2. The van der Waals surface area contributed by atoms with Gasteiger partial charge in [-0.1, -0.05) is 11.3 Å². The zero-order valence-electron chi connectivity index (χ0n) is 14.0. The summed E-state index contributed by atoms with van der Waals surface area (Å²) < 4.78 is 67.1. The molecule has 27 heavy (non-hydrogen) atoms. The maximum atomic E-state index is 14.2. The highest BCUT2D eigenvalue weighted by molar-refractivity contribution is 5.51. The Morgan fingerprint density at radius 3 is 2.48 bits per heavy atom. The van der Waals surface area contributed by atoms with Gasteiger partial charge in [0.15, 0.2) is 11.6 Å². The Hall–Kier alpha value is -3.11. The molecule has 2 aromatic heterocycles. The van der Waals surface area contributed by atoms with E-state index in [0.29, 0.717) is 11.9 Å². The molecule has 2 heterocycles. The summed E-state index contributed by atoms with van der Waals surface area (Å²) in [4.78, 5) is 18.1. The van der Waals surface area contributed by atoms with Gasteiger partial charge in [-0.25, -0.2) is 18.4 Å². The standard InChI is InChI=1S/C16H12F5N5O/c1-7(9-3-4-10(16(19,20)21)15(18)14(9)17)26-6-12(24-25-26)11-5-13(27)23-8(2)22-11/h3-7H,1-2H3,(H,22,23,27). The summed E-state index contributed by atoms with van der Waals surface area (Å²) in [6.07, 6.45) is -3.67. The molecular formula is C16H12F5N5O. The second-order valence-electron chi connectivity index (χ2n) is 5.80. The van der Waals surface area contributed by atoms with Gasteiger partial charge in [-0.15, -0.1) is 5.10 Å². The van der Waals surface area contributed by atoms with Crippen molar-refractivity contribution in [3.05, 3.63) is 63.3 Å². The second-order valence-corrected chi connectivity index (χ2v) is 5.80. The molecule has 0 saturated carbocycles. The lowest BCUT2D eigenvalue weighted by molar-refractivity contribution is -0.140. The van der Waals surface area contributed by atoms with Crippen molar-refractivity contribution in [1.29, 1.82) is 0 Å². The van der Waals surface area contributed by atoms with E-state index in [1.54, 1.807) is 6.92 Å². The molecule has 3 aromatic rings. The third kappa shape index (κ3) is 3.57. The Balaban J connectivity index is 1.98. The smallest absolute Gasteiger partial charge is 0.311 e. The number of aromatic nitrogens is 5. The van der Waals surface area contributed by atoms with Crippen molar-refractivity contribution in [2.45, 2.75) is 26.1 Å². The number of aryl methyl sites for hydroxylation is 1. The number of hydrogen-bond acceptors (Lipinski definition) is 4. The fourth-order valence-electron chi connectivity index (χ4n) is 2.54. The van der Waals surface area contributed by atoms with Crippen LogP contribution in [0.2, 0.25) is 0 Å². The van der Waals surface area contributed by atoms with E-state index in [1.807, 2.05) is 0 Å². The van der Waals surface area contributed by atoms with E-state index in [0.717, 1.165) is 10.7 Å². The van der Waals surface area contributed by atoms with E-state index in [-0.39, 0.29) is 17.0 Å². The molecule has 0 fully saturated rings. The highest BCUT2D eigenvalue weighted by Crippen LogP contribution is 2.34. The maximum Gasteiger partial charge on any atom is 0.419 e. The Morgan fingerprint density at radius 1 is 1.15 bits per heavy atom. The van der Waals surface area contributed by atoms with Crippen LogP contribution in [-0.2, 0) is 6.18 Å². The van der Waals surface area contributed by atoms with Crippen molar-refractivity contribution in [3.63, 3.8) is 0 Å². The molecule has 1 N–H and O–H groups in total. The first-order chi connectivity index (χ1) is 12.6. The lowest BCUT2D eigenvalue weighted by atomic mass is 10.0. The van der Waals surface area contributed by atoms with Crippen LogP contribution in [0.4, 0.5) is 22.0 Å². The van der Waals surface area contributed by atoms with Gasteiger partial charge in [0.2, 0.25) is 0 Å². The van der Waals surface area contributed by atoms with Gasteiger partial charge in [0.25, 0.3) is 5.56 Å². The molecule has 0 aliphatic heterocycles. The summed E-state index contributed by atoms with van der Waals surface area (Å²) in [6, 6.07) is 1.56. The molecule has 0 spiro atoms. The molecular weight excluding hydrogens is 373 g/mol. The number of aromatic amines is 1. The molecule has 11 heteroatoms. The minimum absolute atomic E-state index is 0.198. The average Bonchev–Trinajstić information content (AvgIpc) is 3.04. The van der Waals surface area contributed by atoms with Crippen molar-refractivity contribution < 1.29 is 22.0 Å². The Labute approximate surface area is 148 Å². The predicted molar refractivity (Wildman–Crippen MR) is 83.8 cm³/mol. The quantitative estimate of drug-likeness (QED) is 0.703. The van der Waals surface area contributed by atoms with Crippen molar-refractivity contribution in [2.24, 2.45) is 0 Å². The van der Waals surface area contributed by atoms with E-state index in [1.165, 1.54) is 19.2 Å². The van der Waals surface area contributed by atoms with Gasteiger partial charge in [0.1, 0.15) is 11.5 Å². The van der Waals surface area contributed by atoms with Crippen molar-refractivity contribution in [2.75, 3.05) is 0 Å². The number of H-pyrrole nitrogens is 1. The van der Waals surface area contributed by atoms with Crippen LogP contribution in [-0.4, -0.2) is 25.0 Å². The lowest BCUT2D eigenvalue weighted by Crippen LogP contribution is -2.15. The van der Waals surface area contributed by atoms with Crippen LogP contribution in [0.3, 0.4) is 0 Å². The van der Waals surface area contributed by atoms with Gasteiger partial charge < -0.3 is 4.98 Å². The van der Waals surface area contributed by atoms with E-state index < -0.39 is 35.0 Å². The van der Waals surface area contributed by atoms with Crippen LogP contribution in [0, 0.1) is 18.6 Å². The Morgan fingerprint density at radius 2 is 1.85 bits per heavy atom. The third-order valence-corrected chi connectivity index (χ3v) is 3.90. The van der Waals surface area contributed by atoms with Crippen LogP contribution < -0.4 is 5.56 Å². The molecule has 0 amide bonds. The highest BCUT2D eigenvalue weighted by atomic mass is 19.4. The highest BCUT2D eigenvalue weighted by Gasteiger charge is 2.36. The van der Waals surface area contributed by atoms with Crippen molar-refractivity contribution >= 4 is 0 Å². The molecule has 1 atom stereocenters. The fourth-order valence-corrected chi connectivity index (χ4v) is 2.54. The summed E-state index contributed by atoms with van der Waals surface area (Å²) in [5, 5.41) is 7.60. The van der Waals surface area contributed by atoms with Crippen molar-refractivity contribution in [3.8, 4) is 11.4 Å². The first-order valence-electron chi connectivity index (χ1n) is 7.63. The minimum atomic E-state index is -5.00. The Kier molecular flexibility index (Phi) is 4.54. The monoisotopic (exact) mass is 385 g/mol. The van der Waals surface area contributed by atoms with Crippen molar-refractivity contribution in [1.82, 2.24) is 25.0 Å². The summed E-state index contributed by atoms with van der Waals surface area (Å²) in [5.74, 6) is -3.24. The molecule has 0 aliphatic carbocycles. The Bertz CT molecular complexity index is 1060. The second kappa shape index (κ2) is 6.56. The first-order valence-corrected chi connectivity index (χ1v) is 7.63. The van der Waals surface area contributed by atoms with E-state index in [4.69, 9.17) is 0 Å². The van der Waals surface area contributed by atoms with E-state index in [9.17, 15) is 26.7 Å². The van der Waals surface area contributed by atoms with Crippen LogP contribution >= 0.6 is 0 Å². The fraction of sp³-hybridized carbons (Fsp3) is 0.250. The average molecular weight is 385 g/mol. The van der Waals surface area contributed by atoms with Crippen LogP contribution in [0.5, 0.6) is 0 Å². The molecule has 3 rings (SSSR count). The molecule has 1 unspecified atom stereocenters.